The zero-order chi connectivity index (χ0) is 8.43. The minimum atomic E-state index is 0.501. The summed E-state index contributed by atoms with van der Waals surface area (Å²) in [5, 5.41) is 9.53. The highest BCUT2D eigenvalue weighted by Gasteiger charge is 2.18. The lowest BCUT2D eigenvalue weighted by atomic mass is 9.84. The van der Waals surface area contributed by atoms with Crippen molar-refractivity contribution in [2.24, 2.45) is 5.92 Å². The summed E-state index contributed by atoms with van der Waals surface area (Å²) in [6.07, 6.45) is 3.14. The first-order valence-corrected chi connectivity index (χ1v) is 4.20. The van der Waals surface area contributed by atoms with Crippen LogP contribution >= 0.6 is 0 Å². The maximum atomic E-state index is 9.53. The van der Waals surface area contributed by atoms with Gasteiger partial charge < -0.3 is 5.11 Å². The van der Waals surface area contributed by atoms with Crippen LogP contribution in [-0.2, 0) is 0 Å². The lowest BCUT2D eigenvalue weighted by molar-refractivity contribution is 0.342. The minimum Gasteiger partial charge on any atom is -0.512 e. The van der Waals surface area contributed by atoms with E-state index in [1.807, 2.05) is 6.92 Å². The molecule has 0 heterocycles. The number of aliphatic hydroxyl groups is 1. The average molecular weight is 152 g/mol. The fraction of sp³-hybridized carbons (Fsp3) is 0.600. The Balaban J connectivity index is 2.91. The number of rotatable bonds is 1. The van der Waals surface area contributed by atoms with Gasteiger partial charge >= 0.3 is 0 Å². The molecular formula is C10H16O. The molecule has 0 aromatic carbocycles. The number of allylic oxidation sites excluding steroid dienone is 3. The fourth-order valence-corrected chi connectivity index (χ4v) is 1.81. The summed E-state index contributed by atoms with van der Waals surface area (Å²) in [6.45, 7) is 7.98. The second kappa shape index (κ2) is 3.12. The Morgan fingerprint density at radius 1 is 1.64 bits per heavy atom. The van der Waals surface area contributed by atoms with Crippen molar-refractivity contribution < 1.29 is 5.11 Å². The Kier molecular flexibility index (Phi) is 2.38. The van der Waals surface area contributed by atoms with Gasteiger partial charge in [0.05, 0.1) is 5.76 Å². The molecule has 1 unspecified atom stereocenters. The van der Waals surface area contributed by atoms with Gasteiger partial charge in [0.15, 0.2) is 0 Å². The molecule has 1 rings (SSSR count). The van der Waals surface area contributed by atoms with Crippen LogP contribution in [0.4, 0.5) is 0 Å². The standard InChI is InChI=1S/C10H16O/c1-7(2)10-8(3)5-4-6-9(10)11/h8,11H,1,4-6H2,2-3H3. The summed E-state index contributed by atoms with van der Waals surface area (Å²) in [4.78, 5) is 0. The molecule has 0 saturated heterocycles. The Morgan fingerprint density at radius 2 is 2.27 bits per heavy atom. The number of aliphatic hydroxyl groups excluding tert-OH is 1. The maximum Gasteiger partial charge on any atom is 0.0959 e. The summed E-state index contributed by atoms with van der Waals surface area (Å²) >= 11 is 0. The monoisotopic (exact) mass is 152 g/mol. The Hall–Kier alpha value is -0.720. The number of hydrogen-bond acceptors (Lipinski definition) is 1. The van der Waals surface area contributed by atoms with Gasteiger partial charge in [-0.05, 0) is 31.3 Å². The molecule has 1 nitrogen and oxygen atoms in total. The van der Waals surface area contributed by atoms with Crippen molar-refractivity contribution in [2.45, 2.75) is 33.1 Å². The first kappa shape index (κ1) is 8.38. The van der Waals surface area contributed by atoms with Gasteiger partial charge in [0, 0.05) is 6.42 Å². The van der Waals surface area contributed by atoms with Gasteiger partial charge in [0.25, 0.3) is 0 Å². The quantitative estimate of drug-likeness (QED) is 0.611. The molecule has 1 aliphatic rings. The molecular weight excluding hydrogens is 136 g/mol. The van der Waals surface area contributed by atoms with Crippen LogP contribution in [0.15, 0.2) is 23.5 Å². The SMILES string of the molecule is C=C(C)C1=C(O)CCCC1C. The van der Waals surface area contributed by atoms with Gasteiger partial charge in [-0.2, -0.15) is 0 Å². The molecule has 0 fully saturated rings. The van der Waals surface area contributed by atoms with E-state index in [-0.39, 0.29) is 0 Å². The predicted molar refractivity (Wildman–Crippen MR) is 47.5 cm³/mol. The van der Waals surface area contributed by atoms with Crippen molar-refractivity contribution in [1.29, 1.82) is 0 Å². The van der Waals surface area contributed by atoms with Gasteiger partial charge in [-0.25, -0.2) is 0 Å². The summed E-state index contributed by atoms with van der Waals surface area (Å²) in [6, 6.07) is 0. The van der Waals surface area contributed by atoms with Gasteiger partial charge in [-0.1, -0.05) is 19.1 Å². The average Bonchev–Trinajstić information content (AvgIpc) is 1.85. The molecule has 1 aliphatic carbocycles. The van der Waals surface area contributed by atoms with Crippen LogP contribution < -0.4 is 0 Å². The molecule has 1 N–H and O–H groups in total. The third-order valence-corrected chi connectivity index (χ3v) is 2.31. The lowest BCUT2D eigenvalue weighted by Crippen LogP contribution is -2.09. The Bertz CT molecular complexity index is 201. The summed E-state index contributed by atoms with van der Waals surface area (Å²) in [7, 11) is 0. The van der Waals surface area contributed by atoms with Crippen LogP contribution in [0.2, 0.25) is 0 Å². The van der Waals surface area contributed by atoms with E-state index in [9.17, 15) is 5.11 Å². The first-order chi connectivity index (χ1) is 5.13. The molecule has 0 amide bonds. The summed E-state index contributed by atoms with van der Waals surface area (Å²) in [5.41, 5.74) is 2.12. The predicted octanol–water partition coefficient (Wildman–Crippen LogP) is 3.19. The highest BCUT2D eigenvalue weighted by molar-refractivity contribution is 5.32. The van der Waals surface area contributed by atoms with Crippen molar-refractivity contribution in [1.82, 2.24) is 0 Å². The van der Waals surface area contributed by atoms with Crippen LogP contribution in [0, 0.1) is 5.92 Å². The second-order valence-electron chi connectivity index (χ2n) is 3.43. The summed E-state index contributed by atoms with van der Waals surface area (Å²) < 4.78 is 0. The molecule has 1 heteroatoms. The zero-order valence-electron chi connectivity index (χ0n) is 7.35. The highest BCUT2D eigenvalue weighted by Crippen LogP contribution is 2.32. The fourth-order valence-electron chi connectivity index (χ4n) is 1.81. The van der Waals surface area contributed by atoms with Crippen LogP contribution in [0.1, 0.15) is 33.1 Å². The van der Waals surface area contributed by atoms with Gasteiger partial charge in [-0.3, -0.25) is 0 Å². The molecule has 1 atom stereocenters. The van der Waals surface area contributed by atoms with E-state index >= 15 is 0 Å². The molecule has 0 radical (unpaired) electrons. The second-order valence-corrected chi connectivity index (χ2v) is 3.43. The van der Waals surface area contributed by atoms with E-state index in [1.54, 1.807) is 0 Å². The molecule has 0 aromatic heterocycles. The van der Waals surface area contributed by atoms with E-state index in [0.717, 1.165) is 24.0 Å². The van der Waals surface area contributed by atoms with Crippen LogP contribution in [0.25, 0.3) is 0 Å². The van der Waals surface area contributed by atoms with Gasteiger partial charge in [0.2, 0.25) is 0 Å². The Morgan fingerprint density at radius 3 is 2.64 bits per heavy atom. The van der Waals surface area contributed by atoms with E-state index < -0.39 is 0 Å². The van der Waals surface area contributed by atoms with Crippen molar-refractivity contribution in [3.05, 3.63) is 23.5 Å². The van der Waals surface area contributed by atoms with E-state index in [0.29, 0.717) is 11.7 Å². The minimum absolute atomic E-state index is 0.501. The smallest absolute Gasteiger partial charge is 0.0959 e. The molecule has 0 saturated carbocycles. The highest BCUT2D eigenvalue weighted by atomic mass is 16.3. The van der Waals surface area contributed by atoms with Crippen molar-refractivity contribution in [2.75, 3.05) is 0 Å². The molecule has 0 aromatic rings. The van der Waals surface area contributed by atoms with Crippen LogP contribution in [0.3, 0.4) is 0 Å². The third kappa shape index (κ3) is 1.65. The first-order valence-electron chi connectivity index (χ1n) is 4.20. The Labute approximate surface area is 68.4 Å². The molecule has 0 bridgehead atoms. The zero-order valence-corrected chi connectivity index (χ0v) is 7.35. The number of hydrogen-bond donors (Lipinski definition) is 1. The van der Waals surface area contributed by atoms with Crippen molar-refractivity contribution in [3.8, 4) is 0 Å². The van der Waals surface area contributed by atoms with Crippen molar-refractivity contribution >= 4 is 0 Å². The van der Waals surface area contributed by atoms with Crippen LogP contribution in [-0.4, -0.2) is 5.11 Å². The van der Waals surface area contributed by atoms with Gasteiger partial charge in [0.1, 0.15) is 0 Å². The van der Waals surface area contributed by atoms with Crippen molar-refractivity contribution in [3.63, 3.8) is 0 Å². The van der Waals surface area contributed by atoms with E-state index in [4.69, 9.17) is 0 Å². The molecule has 11 heavy (non-hydrogen) atoms. The molecule has 62 valence electrons. The third-order valence-electron chi connectivity index (χ3n) is 2.31. The van der Waals surface area contributed by atoms with E-state index in [1.165, 1.54) is 6.42 Å². The lowest BCUT2D eigenvalue weighted by Gasteiger charge is -2.22. The largest absolute Gasteiger partial charge is 0.512 e. The molecule has 0 aliphatic heterocycles. The normalized spacial score (nSPS) is 25.5. The van der Waals surface area contributed by atoms with E-state index in [2.05, 4.69) is 13.5 Å². The molecule has 0 spiro atoms. The topological polar surface area (TPSA) is 20.2 Å². The maximum absolute atomic E-state index is 9.53. The summed E-state index contributed by atoms with van der Waals surface area (Å²) in [5.74, 6) is 1.07. The van der Waals surface area contributed by atoms with Gasteiger partial charge in [-0.15, -0.1) is 0 Å². The van der Waals surface area contributed by atoms with Crippen LogP contribution in [0.5, 0.6) is 0 Å².